The largest absolute Gasteiger partial charge is 0.268 e. The molecule has 1 radical (unpaired) electrons. The predicted molar refractivity (Wildman–Crippen MR) is 72.5 cm³/mol. The number of allylic oxidation sites excluding steroid dienone is 2. The van der Waals surface area contributed by atoms with Crippen LogP contribution >= 0.6 is 22.6 Å². The molecular weight excluding hydrogens is 353 g/mol. The highest BCUT2D eigenvalue weighted by Crippen LogP contribution is 2.11. The van der Waals surface area contributed by atoms with E-state index in [9.17, 15) is 13.2 Å². The van der Waals surface area contributed by atoms with E-state index in [2.05, 4.69) is 35.2 Å². The molecule has 6 heteroatoms. The highest BCUT2D eigenvalue weighted by atomic mass is 127. The fourth-order valence-corrected chi connectivity index (χ4v) is 2.23. The summed E-state index contributed by atoms with van der Waals surface area (Å²) >= 11 is 2.06. The van der Waals surface area contributed by atoms with Crippen LogP contribution in [0.15, 0.2) is 47.9 Å². The van der Waals surface area contributed by atoms with Crippen molar-refractivity contribution in [1.82, 2.24) is 4.72 Å². The maximum absolute atomic E-state index is 11.7. The summed E-state index contributed by atoms with van der Waals surface area (Å²) in [5.41, 5.74) is 0. The summed E-state index contributed by atoms with van der Waals surface area (Å²) in [7, 11) is -3.83. The number of carbonyl (C=O) groups excluding carboxylic acids is 1. The lowest BCUT2D eigenvalue weighted by molar-refractivity contribution is -0.115. The van der Waals surface area contributed by atoms with Crippen LogP contribution in [0, 0.1) is 9.65 Å². The van der Waals surface area contributed by atoms with Crippen LogP contribution in [0.5, 0.6) is 0 Å². The Bertz CT molecular complexity index is 547. The lowest BCUT2D eigenvalue weighted by atomic mass is 10.4. The van der Waals surface area contributed by atoms with E-state index in [1.807, 2.05) is 4.72 Å². The Morgan fingerprint density at radius 2 is 1.94 bits per heavy atom. The highest BCUT2D eigenvalue weighted by molar-refractivity contribution is 14.1. The summed E-state index contributed by atoms with van der Waals surface area (Å²) in [6, 6.07) is 6.13. The second-order valence-corrected chi connectivity index (χ2v) is 5.86. The number of hydrogen-bond acceptors (Lipinski definition) is 3. The highest BCUT2D eigenvalue weighted by Gasteiger charge is 2.15. The van der Waals surface area contributed by atoms with Crippen molar-refractivity contribution in [1.29, 1.82) is 0 Å². The standard InChI is InChI=1S/C11H9INO3S/c1-2-3-4-11(14)13-17(15,16)10-7-5-9(12)6-8-10/h2-3,5-8H,1H2,(H,13,14). The number of hydrogen-bond donors (Lipinski definition) is 1. The Kier molecular flexibility index (Phi) is 4.88. The molecule has 17 heavy (non-hydrogen) atoms. The van der Waals surface area contributed by atoms with E-state index in [4.69, 9.17) is 0 Å². The topological polar surface area (TPSA) is 63.2 Å². The van der Waals surface area contributed by atoms with Crippen LogP contribution in [0.25, 0.3) is 0 Å². The molecule has 0 saturated heterocycles. The van der Waals surface area contributed by atoms with Crippen molar-refractivity contribution in [3.63, 3.8) is 0 Å². The van der Waals surface area contributed by atoms with Gasteiger partial charge < -0.3 is 0 Å². The Hall–Kier alpha value is -1.15. The van der Waals surface area contributed by atoms with E-state index in [1.54, 1.807) is 12.1 Å². The van der Waals surface area contributed by atoms with E-state index < -0.39 is 15.9 Å². The number of nitrogens with one attached hydrogen (secondary N) is 1. The average molecular weight is 362 g/mol. The molecule has 0 fully saturated rings. The number of halogens is 1. The number of rotatable bonds is 4. The van der Waals surface area contributed by atoms with Crippen LogP contribution in [-0.2, 0) is 14.8 Å². The third kappa shape index (κ3) is 4.31. The zero-order valence-corrected chi connectivity index (χ0v) is 11.7. The third-order valence-corrected chi connectivity index (χ3v) is 3.75. The maximum Gasteiger partial charge on any atom is 0.265 e. The van der Waals surface area contributed by atoms with Crippen molar-refractivity contribution in [3.05, 3.63) is 52.6 Å². The van der Waals surface area contributed by atoms with Crippen molar-refractivity contribution in [2.75, 3.05) is 0 Å². The second kappa shape index (κ2) is 5.97. The van der Waals surface area contributed by atoms with Crippen LogP contribution in [0.4, 0.5) is 0 Å². The smallest absolute Gasteiger partial charge is 0.265 e. The first-order valence-corrected chi connectivity index (χ1v) is 7.05. The van der Waals surface area contributed by atoms with Gasteiger partial charge in [0.1, 0.15) is 0 Å². The molecule has 89 valence electrons. The van der Waals surface area contributed by atoms with E-state index >= 15 is 0 Å². The Labute approximate surface area is 114 Å². The van der Waals surface area contributed by atoms with Crippen LogP contribution in [-0.4, -0.2) is 14.3 Å². The van der Waals surface area contributed by atoms with Gasteiger partial charge in [0, 0.05) is 3.57 Å². The van der Waals surface area contributed by atoms with Crippen LogP contribution < -0.4 is 4.72 Å². The van der Waals surface area contributed by atoms with Crippen molar-refractivity contribution in [3.8, 4) is 0 Å². The minimum absolute atomic E-state index is 0.0340. The number of sulfonamides is 1. The molecule has 1 aromatic rings. The van der Waals surface area contributed by atoms with Gasteiger partial charge in [0.25, 0.3) is 15.9 Å². The second-order valence-electron chi connectivity index (χ2n) is 2.94. The van der Waals surface area contributed by atoms with Gasteiger partial charge in [0.15, 0.2) is 0 Å². The number of amides is 1. The molecular formula is C11H9INO3S. The number of carbonyl (C=O) groups is 1. The molecule has 0 unspecified atom stereocenters. The zero-order valence-electron chi connectivity index (χ0n) is 8.68. The summed E-state index contributed by atoms with van der Waals surface area (Å²) in [5.74, 6) is -0.830. The first-order valence-electron chi connectivity index (χ1n) is 4.49. The Morgan fingerprint density at radius 1 is 1.35 bits per heavy atom. The lowest BCUT2D eigenvalue weighted by Gasteiger charge is -2.04. The molecule has 0 heterocycles. The van der Waals surface area contributed by atoms with Gasteiger partial charge in [-0.1, -0.05) is 12.7 Å². The van der Waals surface area contributed by atoms with Crippen molar-refractivity contribution in [2.24, 2.45) is 0 Å². The van der Waals surface area contributed by atoms with Gasteiger partial charge in [-0.2, -0.15) is 0 Å². The Balaban J connectivity index is 2.89. The first kappa shape index (κ1) is 13.9. The molecule has 0 aromatic heterocycles. The van der Waals surface area contributed by atoms with Gasteiger partial charge >= 0.3 is 0 Å². The van der Waals surface area contributed by atoms with Gasteiger partial charge in [-0.05, 0) is 52.9 Å². The molecule has 0 aliphatic rings. The zero-order chi connectivity index (χ0) is 12.9. The van der Waals surface area contributed by atoms with Gasteiger partial charge in [0.05, 0.1) is 11.0 Å². The molecule has 0 bridgehead atoms. The summed E-state index contributed by atoms with van der Waals surface area (Å²) in [4.78, 5) is 11.2. The van der Waals surface area contributed by atoms with E-state index in [-0.39, 0.29) is 4.90 Å². The van der Waals surface area contributed by atoms with Gasteiger partial charge in [-0.3, -0.25) is 4.79 Å². The minimum atomic E-state index is -3.83. The van der Waals surface area contributed by atoms with Gasteiger partial charge in [-0.15, -0.1) is 0 Å². The normalized spacial score (nSPS) is 11.4. The molecule has 4 nitrogen and oxygen atoms in total. The SMILES string of the molecule is C=CC=[C]C(=O)NS(=O)(=O)c1ccc(I)cc1. The van der Waals surface area contributed by atoms with Gasteiger partial charge in [0.2, 0.25) is 0 Å². The van der Waals surface area contributed by atoms with E-state index in [1.165, 1.54) is 24.3 Å². The minimum Gasteiger partial charge on any atom is -0.268 e. The lowest BCUT2D eigenvalue weighted by Crippen LogP contribution is -2.29. The van der Waals surface area contributed by atoms with Crippen LogP contribution in [0.3, 0.4) is 0 Å². The van der Waals surface area contributed by atoms with Crippen molar-refractivity contribution in [2.45, 2.75) is 4.90 Å². The fourth-order valence-electron chi connectivity index (χ4n) is 0.959. The van der Waals surface area contributed by atoms with Crippen molar-refractivity contribution < 1.29 is 13.2 Å². The predicted octanol–water partition coefficient (Wildman–Crippen LogP) is 1.64. The van der Waals surface area contributed by atoms with Crippen molar-refractivity contribution >= 4 is 38.5 Å². The third-order valence-electron chi connectivity index (χ3n) is 1.68. The van der Waals surface area contributed by atoms with E-state index in [0.29, 0.717) is 0 Å². The van der Waals surface area contributed by atoms with Crippen LogP contribution in [0.2, 0.25) is 0 Å². The summed E-state index contributed by atoms with van der Waals surface area (Å²) in [6.07, 6.45) is 4.76. The molecule has 1 N–H and O–H groups in total. The number of benzene rings is 1. The Morgan fingerprint density at radius 3 is 2.47 bits per heavy atom. The molecule has 0 aliphatic carbocycles. The average Bonchev–Trinajstić information content (AvgIpc) is 2.26. The molecule has 0 atom stereocenters. The monoisotopic (exact) mass is 362 g/mol. The summed E-state index contributed by atoms with van der Waals surface area (Å²) in [6.45, 7) is 3.35. The molecule has 1 rings (SSSR count). The molecule has 1 amide bonds. The molecule has 1 aromatic carbocycles. The molecule has 0 spiro atoms. The fraction of sp³-hybridized carbons (Fsp3) is 0. The quantitative estimate of drug-likeness (QED) is 0.503. The first-order chi connectivity index (χ1) is 7.95. The van der Waals surface area contributed by atoms with E-state index in [0.717, 1.165) is 3.57 Å². The summed E-state index contributed by atoms with van der Waals surface area (Å²) < 4.78 is 26.2. The van der Waals surface area contributed by atoms with Crippen LogP contribution in [0.1, 0.15) is 0 Å². The summed E-state index contributed by atoms with van der Waals surface area (Å²) in [5, 5.41) is 0. The molecule has 0 aliphatic heterocycles. The van der Waals surface area contributed by atoms with Gasteiger partial charge in [-0.25, -0.2) is 13.1 Å². The maximum atomic E-state index is 11.7. The molecule has 0 saturated carbocycles.